The average Bonchev–Trinajstić information content (AvgIpc) is 2.74. The van der Waals surface area contributed by atoms with Gasteiger partial charge in [0.25, 0.3) is 5.91 Å². The Morgan fingerprint density at radius 2 is 1.80 bits per heavy atom. The van der Waals surface area contributed by atoms with E-state index in [1.54, 1.807) is 48.5 Å². The van der Waals surface area contributed by atoms with E-state index in [0.29, 0.717) is 21.4 Å². The second-order valence-electron chi connectivity index (χ2n) is 6.13. The van der Waals surface area contributed by atoms with Crippen LogP contribution in [-0.4, -0.2) is 27.9 Å². The molecule has 154 valence electrons. The van der Waals surface area contributed by atoms with Crippen LogP contribution in [0.1, 0.15) is 22.8 Å². The maximum Gasteiger partial charge on any atom is 0.342 e. The minimum atomic E-state index is -1.07. The molecule has 0 aliphatic carbocycles. The van der Waals surface area contributed by atoms with Crippen molar-refractivity contribution >= 4 is 41.0 Å². The fourth-order valence-corrected chi connectivity index (χ4v) is 2.87. The molecular formula is C21H17Cl2N3O4. The third-order valence-electron chi connectivity index (χ3n) is 3.96. The van der Waals surface area contributed by atoms with E-state index in [1.165, 1.54) is 19.3 Å². The molecule has 0 spiro atoms. The molecule has 1 heterocycles. The molecule has 1 amide bonds. The Hall–Kier alpha value is -3.16. The number of nitrogens with zero attached hydrogens (tertiary/aromatic N) is 2. The minimum absolute atomic E-state index is 0.119. The van der Waals surface area contributed by atoms with Crippen molar-refractivity contribution in [2.45, 2.75) is 19.6 Å². The summed E-state index contributed by atoms with van der Waals surface area (Å²) in [5.74, 6) is -0.841. The zero-order valence-corrected chi connectivity index (χ0v) is 17.4. The molecule has 1 aromatic heterocycles. The standard InChI is InChI=1S/C21H17Cl2N3O4/c1-13(19(27)26-21-24-9-4-10-25-21)30-20(28)16-5-2-3-6-18(16)29-12-14-7-8-15(22)11-17(14)23/h2-11,13H,12H2,1H3,(H,24,25,26,27). The highest BCUT2D eigenvalue weighted by Gasteiger charge is 2.22. The Morgan fingerprint density at radius 3 is 2.53 bits per heavy atom. The van der Waals surface area contributed by atoms with Crippen molar-refractivity contribution in [1.29, 1.82) is 0 Å². The number of benzene rings is 2. The first-order valence-electron chi connectivity index (χ1n) is 8.88. The van der Waals surface area contributed by atoms with Gasteiger partial charge in [-0.1, -0.05) is 41.4 Å². The van der Waals surface area contributed by atoms with Crippen molar-refractivity contribution in [1.82, 2.24) is 9.97 Å². The Morgan fingerprint density at radius 1 is 1.07 bits per heavy atom. The molecule has 7 nitrogen and oxygen atoms in total. The second kappa shape index (κ2) is 10.0. The molecule has 3 aromatic rings. The third-order valence-corrected chi connectivity index (χ3v) is 4.55. The fraction of sp³-hybridized carbons (Fsp3) is 0.143. The van der Waals surface area contributed by atoms with Crippen LogP contribution < -0.4 is 10.1 Å². The zero-order valence-electron chi connectivity index (χ0n) is 15.8. The van der Waals surface area contributed by atoms with Gasteiger partial charge in [-0.05, 0) is 37.3 Å². The van der Waals surface area contributed by atoms with E-state index in [0.717, 1.165) is 0 Å². The SMILES string of the molecule is CC(OC(=O)c1ccccc1OCc1ccc(Cl)cc1Cl)C(=O)Nc1ncccn1. The molecule has 30 heavy (non-hydrogen) atoms. The van der Waals surface area contributed by atoms with Gasteiger partial charge < -0.3 is 9.47 Å². The molecule has 9 heteroatoms. The maximum absolute atomic E-state index is 12.6. The van der Waals surface area contributed by atoms with Gasteiger partial charge in [0.05, 0.1) is 0 Å². The highest BCUT2D eigenvalue weighted by atomic mass is 35.5. The van der Waals surface area contributed by atoms with Crippen LogP contribution in [0.15, 0.2) is 60.9 Å². The Kier molecular flexibility index (Phi) is 7.21. The lowest BCUT2D eigenvalue weighted by atomic mass is 10.2. The molecule has 1 atom stereocenters. The number of hydrogen-bond acceptors (Lipinski definition) is 6. The van der Waals surface area contributed by atoms with Crippen LogP contribution in [0.2, 0.25) is 10.0 Å². The van der Waals surface area contributed by atoms with E-state index in [2.05, 4.69) is 15.3 Å². The maximum atomic E-state index is 12.6. The lowest BCUT2D eigenvalue weighted by molar-refractivity contribution is -0.123. The van der Waals surface area contributed by atoms with Crippen LogP contribution in [-0.2, 0) is 16.1 Å². The van der Waals surface area contributed by atoms with Crippen molar-refractivity contribution in [2.24, 2.45) is 0 Å². The Labute approximate surface area is 183 Å². The smallest absolute Gasteiger partial charge is 0.342 e. The number of aromatic nitrogens is 2. The number of halogens is 2. The third kappa shape index (κ3) is 5.68. The topological polar surface area (TPSA) is 90.4 Å². The van der Waals surface area contributed by atoms with Crippen LogP contribution >= 0.6 is 23.2 Å². The first kappa shape index (κ1) is 21.5. The summed E-state index contributed by atoms with van der Waals surface area (Å²) in [4.78, 5) is 32.6. The van der Waals surface area contributed by atoms with Crippen LogP contribution in [0.25, 0.3) is 0 Å². The van der Waals surface area contributed by atoms with E-state index in [9.17, 15) is 9.59 Å². The molecule has 0 fully saturated rings. The molecular weight excluding hydrogens is 429 g/mol. The van der Waals surface area contributed by atoms with Crippen LogP contribution in [0.5, 0.6) is 5.75 Å². The van der Waals surface area contributed by atoms with Crippen LogP contribution in [0, 0.1) is 0 Å². The largest absolute Gasteiger partial charge is 0.488 e. The first-order chi connectivity index (χ1) is 14.4. The number of carbonyl (C=O) groups excluding carboxylic acids is 2. The fourth-order valence-electron chi connectivity index (χ4n) is 2.41. The number of para-hydroxylation sites is 1. The average molecular weight is 446 g/mol. The molecule has 3 rings (SSSR count). The monoisotopic (exact) mass is 445 g/mol. The van der Waals surface area contributed by atoms with E-state index in [4.69, 9.17) is 32.7 Å². The van der Waals surface area contributed by atoms with Gasteiger partial charge in [-0.2, -0.15) is 0 Å². The summed E-state index contributed by atoms with van der Waals surface area (Å²) in [5.41, 5.74) is 0.887. The van der Waals surface area contributed by atoms with Crippen LogP contribution in [0.4, 0.5) is 5.95 Å². The summed E-state index contributed by atoms with van der Waals surface area (Å²) >= 11 is 12.1. The van der Waals surface area contributed by atoms with E-state index in [1.807, 2.05) is 0 Å². The quantitative estimate of drug-likeness (QED) is 0.536. The van der Waals surface area contributed by atoms with Gasteiger partial charge in [-0.15, -0.1) is 0 Å². The van der Waals surface area contributed by atoms with Gasteiger partial charge in [0.1, 0.15) is 17.9 Å². The number of esters is 1. The van der Waals surface area contributed by atoms with Gasteiger partial charge in [0.2, 0.25) is 5.95 Å². The van der Waals surface area contributed by atoms with Gasteiger partial charge in [-0.3, -0.25) is 10.1 Å². The van der Waals surface area contributed by atoms with E-state index >= 15 is 0 Å². The van der Waals surface area contributed by atoms with Gasteiger partial charge in [0.15, 0.2) is 6.10 Å². The summed E-state index contributed by atoms with van der Waals surface area (Å²) in [7, 11) is 0. The highest BCUT2D eigenvalue weighted by Crippen LogP contribution is 2.25. The lowest BCUT2D eigenvalue weighted by Crippen LogP contribution is -2.30. The number of nitrogens with one attached hydrogen (secondary N) is 1. The van der Waals surface area contributed by atoms with Gasteiger partial charge in [0, 0.05) is 28.0 Å². The Bertz CT molecular complexity index is 1050. The minimum Gasteiger partial charge on any atom is -0.488 e. The van der Waals surface area contributed by atoms with Crippen molar-refractivity contribution < 1.29 is 19.1 Å². The number of hydrogen-bond donors (Lipinski definition) is 1. The molecule has 0 radical (unpaired) electrons. The summed E-state index contributed by atoms with van der Waals surface area (Å²) in [6.07, 6.45) is 1.90. The molecule has 0 aliphatic heterocycles. The highest BCUT2D eigenvalue weighted by molar-refractivity contribution is 6.35. The number of carbonyl (C=O) groups is 2. The number of ether oxygens (including phenoxy) is 2. The Balaban J connectivity index is 1.65. The molecule has 0 saturated heterocycles. The molecule has 1 unspecified atom stereocenters. The summed E-state index contributed by atoms with van der Waals surface area (Å²) in [6, 6.07) is 13.2. The molecule has 1 N–H and O–H groups in total. The summed E-state index contributed by atoms with van der Waals surface area (Å²) in [6.45, 7) is 1.58. The molecule has 2 aromatic carbocycles. The van der Waals surface area contributed by atoms with Crippen molar-refractivity contribution in [3.63, 3.8) is 0 Å². The lowest BCUT2D eigenvalue weighted by Gasteiger charge is -2.15. The number of anilines is 1. The van der Waals surface area contributed by atoms with Crippen LogP contribution in [0.3, 0.4) is 0 Å². The number of rotatable bonds is 7. The molecule has 0 bridgehead atoms. The predicted octanol–water partition coefficient (Wildman–Crippen LogP) is 4.55. The van der Waals surface area contributed by atoms with Crippen molar-refractivity contribution in [3.05, 3.63) is 82.1 Å². The molecule has 0 aliphatic rings. The molecule has 0 saturated carbocycles. The predicted molar refractivity (Wildman–Crippen MR) is 113 cm³/mol. The summed E-state index contributed by atoms with van der Waals surface area (Å²) < 4.78 is 11.0. The van der Waals surface area contributed by atoms with Gasteiger partial charge >= 0.3 is 5.97 Å². The van der Waals surface area contributed by atoms with Gasteiger partial charge in [-0.25, -0.2) is 14.8 Å². The number of amides is 1. The summed E-state index contributed by atoms with van der Waals surface area (Å²) in [5, 5.41) is 3.44. The zero-order chi connectivity index (χ0) is 21.5. The van der Waals surface area contributed by atoms with E-state index < -0.39 is 18.0 Å². The first-order valence-corrected chi connectivity index (χ1v) is 9.64. The van der Waals surface area contributed by atoms with Crippen molar-refractivity contribution in [2.75, 3.05) is 5.32 Å². The second-order valence-corrected chi connectivity index (χ2v) is 6.97. The van der Waals surface area contributed by atoms with E-state index in [-0.39, 0.29) is 18.1 Å². The van der Waals surface area contributed by atoms with Crippen molar-refractivity contribution in [3.8, 4) is 5.75 Å². The normalized spacial score (nSPS) is 11.4.